The van der Waals surface area contributed by atoms with Crippen molar-refractivity contribution < 1.29 is 9.18 Å². The number of halogens is 1. The number of pyridine rings is 1. The molecule has 24 heavy (non-hydrogen) atoms. The quantitative estimate of drug-likeness (QED) is 0.915. The van der Waals surface area contributed by atoms with Gasteiger partial charge in [0.1, 0.15) is 4.88 Å². The van der Waals surface area contributed by atoms with Crippen molar-refractivity contribution in [2.45, 2.75) is 19.4 Å². The van der Waals surface area contributed by atoms with E-state index in [4.69, 9.17) is 0 Å². The normalized spacial score (nSPS) is 17.2. The summed E-state index contributed by atoms with van der Waals surface area (Å²) in [5.74, 6) is -0.108. The maximum atomic E-state index is 13.8. The van der Waals surface area contributed by atoms with E-state index in [-0.39, 0.29) is 17.8 Å². The van der Waals surface area contributed by atoms with Crippen molar-refractivity contribution in [1.82, 2.24) is 15.3 Å². The predicted octanol–water partition coefficient (Wildman–Crippen LogP) is 2.06. The van der Waals surface area contributed by atoms with Crippen LogP contribution in [0.4, 0.5) is 15.3 Å². The molecule has 1 N–H and O–H groups in total. The van der Waals surface area contributed by atoms with Gasteiger partial charge in [-0.05, 0) is 25.5 Å². The van der Waals surface area contributed by atoms with Crippen LogP contribution >= 0.6 is 11.3 Å². The van der Waals surface area contributed by atoms with Crippen LogP contribution in [0.15, 0.2) is 18.3 Å². The Bertz CT molecular complexity index is 748. The van der Waals surface area contributed by atoms with Crippen molar-refractivity contribution in [1.29, 1.82) is 0 Å². The van der Waals surface area contributed by atoms with Gasteiger partial charge < -0.3 is 15.1 Å². The number of aromatic nitrogens is 2. The van der Waals surface area contributed by atoms with E-state index in [1.54, 1.807) is 12.3 Å². The zero-order valence-electron chi connectivity index (χ0n) is 13.9. The van der Waals surface area contributed by atoms with Crippen molar-refractivity contribution in [3.63, 3.8) is 0 Å². The maximum Gasteiger partial charge on any atom is 0.263 e. The fourth-order valence-electron chi connectivity index (χ4n) is 2.72. The number of amides is 1. The van der Waals surface area contributed by atoms with Gasteiger partial charge in [-0.3, -0.25) is 4.79 Å². The average Bonchev–Trinajstić information content (AvgIpc) is 3.14. The Morgan fingerprint density at radius 3 is 2.96 bits per heavy atom. The second-order valence-corrected chi connectivity index (χ2v) is 7.00. The monoisotopic (exact) mass is 349 g/mol. The highest BCUT2D eigenvalue weighted by Gasteiger charge is 2.28. The molecule has 6 nitrogen and oxygen atoms in total. The summed E-state index contributed by atoms with van der Waals surface area (Å²) in [7, 11) is 3.80. The highest BCUT2D eigenvalue weighted by atomic mass is 32.1. The van der Waals surface area contributed by atoms with Crippen LogP contribution in [0.25, 0.3) is 0 Å². The molecule has 1 fully saturated rings. The number of hydrogen-bond acceptors (Lipinski definition) is 6. The number of aryl methyl sites for hydroxylation is 1. The first-order valence-corrected chi connectivity index (χ1v) is 8.58. The van der Waals surface area contributed by atoms with E-state index in [1.807, 2.05) is 30.8 Å². The second kappa shape index (κ2) is 6.72. The Hall–Kier alpha value is -2.22. The first-order chi connectivity index (χ1) is 11.5. The SMILES string of the molecule is Cc1nc(N(C)C)sc1C(=O)N[C@H]1CCN(c2ncccc2F)C1. The number of anilines is 2. The van der Waals surface area contributed by atoms with Crippen LogP contribution in [-0.2, 0) is 0 Å². The maximum absolute atomic E-state index is 13.8. The molecule has 2 aromatic rings. The molecule has 8 heteroatoms. The Morgan fingerprint density at radius 1 is 1.50 bits per heavy atom. The average molecular weight is 349 g/mol. The van der Waals surface area contributed by atoms with Crippen molar-refractivity contribution in [2.75, 3.05) is 37.0 Å². The van der Waals surface area contributed by atoms with Gasteiger partial charge in [-0.2, -0.15) is 0 Å². The molecule has 0 bridgehead atoms. The highest BCUT2D eigenvalue weighted by molar-refractivity contribution is 7.17. The van der Waals surface area contributed by atoms with Crippen LogP contribution in [0, 0.1) is 12.7 Å². The lowest BCUT2D eigenvalue weighted by Gasteiger charge is -2.18. The lowest BCUT2D eigenvalue weighted by atomic mass is 10.2. The molecule has 1 atom stereocenters. The van der Waals surface area contributed by atoms with Crippen molar-refractivity contribution in [3.8, 4) is 0 Å². The minimum atomic E-state index is -0.335. The lowest BCUT2D eigenvalue weighted by molar-refractivity contribution is 0.0943. The van der Waals surface area contributed by atoms with E-state index >= 15 is 0 Å². The van der Waals surface area contributed by atoms with Gasteiger partial charge in [-0.25, -0.2) is 14.4 Å². The summed E-state index contributed by atoms with van der Waals surface area (Å²) in [6, 6.07) is 2.95. The van der Waals surface area contributed by atoms with Gasteiger partial charge in [0.25, 0.3) is 5.91 Å². The van der Waals surface area contributed by atoms with E-state index in [0.29, 0.717) is 23.8 Å². The molecule has 1 amide bonds. The summed E-state index contributed by atoms with van der Waals surface area (Å²) in [6.45, 7) is 3.06. The van der Waals surface area contributed by atoms with Crippen LogP contribution in [0.5, 0.6) is 0 Å². The predicted molar refractivity (Wildman–Crippen MR) is 93.5 cm³/mol. The first-order valence-electron chi connectivity index (χ1n) is 7.76. The van der Waals surface area contributed by atoms with Crippen LogP contribution in [-0.4, -0.2) is 49.1 Å². The fraction of sp³-hybridized carbons (Fsp3) is 0.438. The fourth-order valence-corrected chi connectivity index (χ4v) is 3.61. The van der Waals surface area contributed by atoms with Gasteiger partial charge in [0.05, 0.1) is 5.69 Å². The van der Waals surface area contributed by atoms with Gasteiger partial charge in [-0.1, -0.05) is 11.3 Å². The molecule has 3 heterocycles. The molecule has 0 aliphatic carbocycles. The minimum absolute atomic E-state index is 0.0248. The number of carbonyl (C=O) groups is 1. The van der Waals surface area contributed by atoms with E-state index in [2.05, 4.69) is 15.3 Å². The van der Waals surface area contributed by atoms with Crippen molar-refractivity contribution in [3.05, 3.63) is 34.7 Å². The van der Waals surface area contributed by atoms with Crippen LogP contribution < -0.4 is 15.1 Å². The Balaban J connectivity index is 1.65. The van der Waals surface area contributed by atoms with Gasteiger partial charge in [-0.15, -0.1) is 0 Å². The summed E-state index contributed by atoms with van der Waals surface area (Å²) in [5.41, 5.74) is 0.729. The van der Waals surface area contributed by atoms with Gasteiger partial charge in [0, 0.05) is 39.4 Å². The van der Waals surface area contributed by atoms with Crippen molar-refractivity contribution >= 4 is 28.2 Å². The van der Waals surface area contributed by atoms with Crippen LogP contribution in [0.2, 0.25) is 0 Å². The summed E-state index contributed by atoms with van der Waals surface area (Å²) >= 11 is 1.38. The third-order valence-corrected chi connectivity index (χ3v) is 5.26. The van der Waals surface area contributed by atoms with E-state index < -0.39 is 0 Å². The lowest BCUT2D eigenvalue weighted by Crippen LogP contribution is -2.37. The second-order valence-electron chi connectivity index (χ2n) is 6.02. The minimum Gasteiger partial charge on any atom is -0.354 e. The van der Waals surface area contributed by atoms with Crippen LogP contribution in [0.3, 0.4) is 0 Å². The third-order valence-electron chi connectivity index (χ3n) is 3.94. The molecule has 1 saturated heterocycles. The molecule has 1 aliphatic rings. The summed E-state index contributed by atoms with van der Waals surface area (Å²) in [4.78, 5) is 25.4. The molecule has 3 rings (SSSR count). The highest BCUT2D eigenvalue weighted by Crippen LogP contribution is 2.25. The number of rotatable bonds is 4. The smallest absolute Gasteiger partial charge is 0.263 e. The summed E-state index contributed by atoms with van der Waals surface area (Å²) in [5, 5.41) is 3.84. The zero-order chi connectivity index (χ0) is 17.3. The largest absolute Gasteiger partial charge is 0.354 e. The van der Waals surface area contributed by atoms with Gasteiger partial charge in [0.2, 0.25) is 0 Å². The molecular weight excluding hydrogens is 329 g/mol. The number of hydrogen-bond donors (Lipinski definition) is 1. The molecule has 2 aromatic heterocycles. The van der Waals surface area contributed by atoms with Crippen molar-refractivity contribution in [2.24, 2.45) is 0 Å². The molecule has 0 aromatic carbocycles. The molecule has 128 valence electrons. The van der Waals surface area contributed by atoms with E-state index in [0.717, 1.165) is 17.2 Å². The van der Waals surface area contributed by atoms with Crippen LogP contribution in [0.1, 0.15) is 21.8 Å². The number of nitrogens with zero attached hydrogens (tertiary/aromatic N) is 4. The van der Waals surface area contributed by atoms with Gasteiger partial charge >= 0.3 is 0 Å². The van der Waals surface area contributed by atoms with Gasteiger partial charge in [0.15, 0.2) is 16.8 Å². The molecule has 0 saturated carbocycles. The molecule has 0 radical (unpaired) electrons. The number of nitrogens with one attached hydrogen (secondary N) is 1. The Kier molecular flexibility index (Phi) is 4.66. The first kappa shape index (κ1) is 16.6. The summed E-state index contributed by atoms with van der Waals surface area (Å²) in [6.07, 6.45) is 2.34. The number of carbonyl (C=O) groups excluding carboxylic acids is 1. The Morgan fingerprint density at radius 2 is 2.29 bits per heavy atom. The zero-order valence-corrected chi connectivity index (χ0v) is 14.7. The molecule has 0 spiro atoms. The topological polar surface area (TPSA) is 61.4 Å². The standard InChI is InChI=1S/C16H20FN5OS/c1-10-13(24-16(19-10)21(2)3)15(23)20-11-6-8-22(9-11)14-12(17)5-4-7-18-14/h4-5,7,11H,6,8-9H2,1-3H3,(H,20,23)/t11-/m0/s1. The molecule has 0 unspecified atom stereocenters. The number of thiazole rings is 1. The van der Waals surface area contributed by atoms with E-state index in [9.17, 15) is 9.18 Å². The molecular formula is C16H20FN5OS. The third kappa shape index (κ3) is 3.33. The Labute approximate surface area is 144 Å². The molecule has 1 aliphatic heterocycles. The summed E-state index contributed by atoms with van der Waals surface area (Å²) < 4.78 is 13.8. The van der Waals surface area contributed by atoms with E-state index in [1.165, 1.54) is 17.4 Å².